The maximum absolute atomic E-state index is 13.9. The molecule has 32 heavy (non-hydrogen) atoms. The standard InChI is InChI=1S/C24H23F2N5O/c1-12-13-4-6-14(7-5-13)16(12)9-15-10-19(20-3-2-8-32-20)28-24(27-15)21-17-11-18(25)22(26)29-23(17)31-30-21/h2-3,8,10-14,16H,4-7,9H2,1H3,(H,29,30,31)/t12-,13?,14?,16+/m0/s1. The van der Waals surface area contributed by atoms with Crippen LogP contribution >= 0.6 is 0 Å². The maximum atomic E-state index is 13.9. The Hall–Kier alpha value is -3.16. The van der Waals surface area contributed by atoms with Gasteiger partial charge in [-0.05, 0) is 80.0 Å². The first-order chi connectivity index (χ1) is 15.6. The molecule has 0 aromatic carbocycles. The van der Waals surface area contributed by atoms with E-state index in [1.165, 1.54) is 25.7 Å². The third kappa shape index (κ3) is 3.20. The van der Waals surface area contributed by atoms with E-state index < -0.39 is 11.8 Å². The number of H-pyrrole nitrogens is 1. The molecule has 3 aliphatic rings. The zero-order valence-electron chi connectivity index (χ0n) is 17.7. The second-order valence-corrected chi connectivity index (χ2v) is 9.18. The number of rotatable bonds is 4. The van der Waals surface area contributed by atoms with E-state index in [-0.39, 0.29) is 5.65 Å². The molecule has 0 aliphatic heterocycles. The molecule has 2 atom stereocenters. The molecule has 2 bridgehead atoms. The van der Waals surface area contributed by atoms with Crippen molar-refractivity contribution >= 4 is 11.0 Å². The fourth-order valence-electron chi connectivity index (χ4n) is 5.80. The van der Waals surface area contributed by atoms with E-state index in [9.17, 15) is 8.78 Å². The molecule has 0 radical (unpaired) electrons. The summed E-state index contributed by atoms with van der Waals surface area (Å²) in [7, 11) is 0. The Labute approximate surface area is 183 Å². The summed E-state index contributed by atoms with van der Waals surface area (Å²) >= 11 is 0. The van der Waals surface area contributed by atoms with Crippen molar-refractivity contribution in [2.24, 2.45) is 23.7 Å². The Morgan fingerprint density at radius 3 is 2.62 bits per heavy atom. The predicted molar refractivity (Wildman–Crippen MR) is 114 cm³/mol. The number of halogens is 2. The van der Waals surface area contributed by atoms with Crippen molar-refractivity contribution in [3.63, 3.8) is 0 Å². The summed E-state index contributed by atoms with van der Waals surface area (Å²) in [4.78, 5) is 13.1. The van der Waals surface area contributed by atoms with Crippen LogP contribution in [0.5, 0.6) is 0 Å². The maximum Gasteiger partial charge on any atom is 0.251 e. The third-order valence-electron chi connectivity index (χ3n) is 7.52. The van der Waals surface area contributed by atoms with Gasteiger partial charge in [0, 0.05) is 5.69 Å². The van der Waals surface area contributed by atoms with Gasteiger partial charge >= 0.3 is 0 Å². The van der Waals surface area contributed by atoms with Gasteiger partial charge in [-0.1, -0.05) is 6.92 Å². The van der Waals surface area contributed by atoms with Crippen molar-refractivity contribution in [3.05, 3.63) is 48.0 Å². The van der Waals surface area contributed by atoms with Crippen molar-refractivity contribution in [1.82, 2.24) is 25.1 Å². The van der Waals surface area contributed by atoms with Crippen molar-refractivity contribution < 1.29 is 13.2 Å². The number of hydrogen-bond donors (Lipinski definition) is 1. The lowest BCUT2D eigenvalue weighted by Crippen LogP contribution is -2.39. The topological polar surface area (TPSA) is 80.5 Å². The molecule has 0 saturated heterocycles. The molecular weight excluding hydrogens is 412 g/mol. The number of furan rings is 1. The SMILES string of the molecule is C[C@H]1C2CCC(CC2)[C@@H]1Cc1cc(-c2ccco2)nc(-c2[nH]nc3nc(F)c(F)cc23)n1. The molecule has 7 rings (SSSR count). The van der Waals surface area contributed by atoms with E-state index in [2.05, 4.69) is 27.1 Å². The van der Waals surface area contributed by atoms with Crippen LogP contribution in [0.1, 0.15) is 38.3 Å². The van der Waals surface area contributed by atoms with Crippen molar-refractivity contribution in [2.75, 3.05) is 0 Å². The van der Waals surface area contributed by atoms with Crippen LogP contribution in [0.25, 0.3) is 34.0 Å². The summed E-state index contributed by atoms with van der Waals surface area (Å²) in [5.74, 6) is 1.58. The number of nitrogens with one attached hydrogen (secondary N) is 1. The summed E-state index contributed by atoms with van der Waals surface area (Å²) in [5.41, 5.74) is 2.08. The molecule has 3 fully saturated rings. The highest BCUT2D eigenvalue weighted by Gasteiger charge is 2.41. The first-order valence-electron chi connectivity index (χ1n) is 11.2. The zero-order valence-corrected chi connectivity index (χ0v) is 17.7. The van der Waals surface area contributed by atoms with Crippen LogP contribution in [0.15, 0.2) is 34.9 Å². The molecule has 164 valence electrons. The molecule has 3 saturated carbocycles. The monoisotopic (exact) mass is 435 g/mol. The van der Waals surface area contributed by atoms with Crippen LogP contribution in [0.4, 0.5) is 8.78 Å². The van der Waals surface area contributed by atoms with Crippen LogP contribution in [0.3, 0.4) is 0 Å². The van der Waals surface area contributed by atoms with E-state index in [4.69, 9.17) is 9.40 Å². The van der Waals surface area contributed by atoms with Crippen molar-refractivity contribution in [2.45, 2.75) is 39.0 Å². The van der Waals surface area contributed by atoms with Crippen molar-refractivity contribution in [3.8, 4) is 23.0 Å². The zero-order chi connectivity index (χ0) is 21.8. The summed E-state index contributed by atoms with van der Waals surface area (Å²) in [5, 5.41) is 7.20. The normalized spacial score (nSPS) is 25.0. The van der Waals surface area contributed by atoms with Gasteiger partial charge in [0.1, 0.15) is 11.4 Å². The van der Waals surface area contributed by atoms with E-state index in [0.29, 0.717) is 40.2 Å². The highest BCUT2D eigenvalue weighted by Crippen LogP contribution is 2.49. The fraction of sp³-hybridized carbons (Fsp3) is 0.417. The number of hydrogen-bond acceptors (Lipinski definition) is 5. The first-order valence-corrected chi connectivity index (χ1v) is 11.2. The van der Waals surface area contributed by atoms with E-state index >= 15 is 0 Å². The molecule has 0 unspecified atom stereocenters. The van der Waals surface area contributed by atoms with Gasteiger partial charge in [-0.3, -0.25) is 5.10 Å². The minimum Gasteiger partial charge on any atom is -0.463 e. The summed E-state index contributed by atoms with van der Waals surface area (Å²) in [6, 6.07) is 6.73. The molecule has 4 heterocycles. The molecule has 8 heteroatoms. The summed E-state index contributed by atoms with van der Waals surface area (Å²) in [6.07, 6.45) is 7.73. The predicted octanol–water partition coefficient (Wildman–Crippen LogP) is 5.57. The molecule has 6 nitrogen and oxygen atoms in total. The Bertz CT molecular complexity index is 1280. The second-order valence-electron chi connectivity index (χ2n) is 9.18. The number of pyridine rings is 1. The molecule has 4 aromatic rings. The molecular formula is C24H23F2N5O. The van der Waals surface area contributed by atoms with Gasteiger partial charge in [0.2, 0.25) is 0 Å². The largest absolute Gasteiger partial charge is 0.463 e. The van der Waals surface area contributed by atoms with Crippen LogP contribution in [-0.2, 0) is 6.42 Å². The average Bonchev–Trinajstić information content (AvgIpc) is 3.47. The Morgan fingerprint density at radius 2 is 1.88 bits per heavy atom. The number of aromatic amines is 1. The number of aromatic nitrogens is 5. The highest BCUT2D eigenvalue weighted by molar-refractivity contribution is 5.88. The van der Waals surface area contributed by atoms with Crippen LogP contribution in [0, 0.1) is 35.4 Å². The minimum atomic E-state index is -1.18. The Balaban J connectivity index is 1.45. The van der Waals surface area contributed by atoms with Crippen LogP contribution in [-0.4, -0.2) is 25.1 Å². The minimum absolute atomic E-state index is 0.0886. The van der Waals surface area contributed by atoms with Gasteiger partial charge in [0.15, 0.2) is 23.0 Å². The molecule has 0 spiro atoms. The van der Waals surface area contributed by atoms with Gasteiger partial charge in [-0.25, -0.2) is 14.4 Å². The van der Waals surface area contributed by atoms with Crippen LogP contribution in [0.2, 0.25) is 0 Å². The summed E-state index contributed by atoms with van der Waals surface area (Å²) in [6.45, 7) is 2.38. The van der Waals surface area contributed by atoms with Gasteiger partial charge in [-0.15, -0.1) is 0 Å². The molecule has 4 aromatic heterocycles. The van der Waals surface area contributed by atoms with Gasteiger partial charge in [-0.2, -0.15) is 14.5 Å². The Morgan fingerprint density at radius 1 is 1.06 bits per heavy atom. The van der Waals surface area contributed by atoms with E-state index in [1.54, 1.807) is 6.26 Å². The van der Waals surface area contributed by atoms with Gasteiger partial charge in [0.25, 0.3) is 5.95 Å². The third-order valence-corrected chi connectivity index (χ3v) is 7.52. The lowest BCUT2D eigenvalue weighted by Gasteiger charge is -2.47. The smallest absolute Gasteiger partial charge is 0.251 e. The van der Waals surface area contributed by atoms with Crippen molar-refractivity contribution in [1.29, 1.82) is 0 Å². The lowest BCUT2D eigenvalue weighted by atomic mass is 9.58. The number of fused-ring (bicyclic) bond motifs is 4. The molecule has 1 N–H and O–H groups in total. The van der Waals surface area contributed by atoms with Gasteiger partial charge < -0.3 is 4.42 Å². The lowest BCUT2D eigenvalue weighted by molar-refractivity contribution is 0.0339. The average molecular weight is 435 g/mol. The first kappa shape index (κ1) is 19.5. The molecule has 3 aliphatic carbocycles. The van der Waals surface area contributed by atoms with Crippen LogP contribution < -0.4 is 0 Å². The second kappa shape index (κ2) is 7.46. The van der Waals surface area contributed by atoms with E-state index in [1.807, 2.05) is 18.2 Å². The fourth-order valence-corrected chi connectivity index (χ4v) is 5.80. The quantitative estimate of drug-likeness (QED) is 0.424. The highest BCUT2D eigenvalue weighted by atomic mass is 19.2. The van der Waals surface area contributed by atoms with Gasteiger partial charge in [0.05, 0.1) is 11.6 Å². The summed E-state index contributed by atoms with van der Waals surface area (Å²) < 4.78 is 33.1. The number of nitrogens with zero attached hydrogens (tertiary/aromatic N) is 4. The van der Waals surface area contributed by atoms with E-state index in [0.717, 1.165) is 30.0 Å². The molecule has 0 amide bonds. The Kier molecular flexibility index (Phi) is 4.55.